The van der Waals surface area contributed by atoms with Crippen LogP contribution in [0.25, 0.3) is 0 Å². The number of hydrogen-bond acceptors (Lipinski definition) is 5. The molecule has 0 radical (unpaired) electrons. The predicted molar refractivity (Wildman–Crippen MR) is 91.5 cm³/mol. The van der Waals surface area contributed by atoms with Gasteiger partial charge in [-0.25, -0.2) is 4.79 Å². The Hall–Kier alpha value is -0.910. The van der Waals surface area contributed by atoms with Gasteiger partial charge in [-0.3, -0.25) is 0 Å². The molecule has 5 heteroatoms. The average Bonchev–Trinajstić information content (AvgIpc) is 2.80. The van der Waals surface area contributed by atoms with E-state index >= 15 is 0 Å². The van der Waals surface area contributed by atoms with Crippen molar-refractivity contribution in [3.63, 3.8) is 0 Å². The quantitative estimate of drug-likeness (QED) is 0.581. The Kier molecular flexibility index (Phi) is 3.56. The Balaban J connectivity index is 1.84. The van der Waals surface area contributed by atoms with Gasteiger partial charge >= 0.3 is 5.97 Å². The van der Waals surface area contributed by atoms with Crippen molar-refractivity contribution in [2.45, 2.75) is 83.7 Å². The second-order valence-corrected chi connectivity index (χ2v) is 9.71. The van der Waals surface area contributed by atoms with Crippen LogP contribution in [0.15, 0.2) is 11.1 Å². The zero-order valence-corrected chi connectivity index (χ0v) is 15.6. The molecule has 0 aromatic carbocycles. The normalized spacial score (nSPS) is 51.5. The minimum atomic E-state index is -1.40. The summed E-state index contributed by atoms with van der Waals surface area (Å²) in [6.45, 7) is 8.31. The van der Waals surface area contributed by atoms with Gasteiger partial charge in [-0.1, -0.05) is 27.2 Å². The Morgan fingerprint density at radius 2 is 1.80 bits per heavy atom. The summed E-state index contributed by atoms with van der Waals surface area (Å²) in [4.78, 5) is 12.0. The van der Waals surface area contributed by atoms with Crippen molar-refractivity contribution in [2.24, 2.45) is 22.7 Å². The van der Waals surface area contributed by atoms with Gasteiger partial charge in [-0.2, -0.15) is 0 Å². The fourth-order valence-corrected chi connectivity index (χ4v) is 7.01. The number of esters is 1. The highest BCUT2D eigenvalue weighted by Gasteiger charge is 2.69. The summed E-state index contributed by atoms with van der Waals surface area (Å²) < 4.78 is 5.40. The molecule has 4 rings (SSSR count). The van der Waals surface area contributed by atoms with E-state index in [0.29, 0.717) is 23.5 Å². The molecule has 25 heavy (non-hydrogen) atoms. The highest BCUT2D eigenvalue weighted by atomic mass is 16.6. The molecule has 3 aliphatic carbocycles. The van der Waals surface area contributed by atoms with E-state index in [-0.39, 0.29) is 10.8 Å². The van der Waals surface area contributed by atoms with Crippen molar-refractivity contribution in [3.8, 4) is 0 Å². The minimum absolute atomic E-state index is 0.136. The standard InChI is InChI=1S/C20H30O5/c1-10-12-14(25-17(10)23)13(21)15-19(4)8-5-7-18(2,3)11(19)6-9-20(15,24)16(12)22/h11,13-16,21-22,24H,5-9H2,1-4H3/t11-,13+,14+,15+,16-,19-,20-/m1/s1. The molecule has 1 aliphatic heterocycles. The first-order chi connectivity index (χ1) is 11.5. The van der Waals surface area contributed by atoms with E-state index in [0.717, 1.165) is 25.7 Å². The molecule has 1 heterocycles. The fraction of sp³-hybridized carbons (Fsp3) is 0.850. The second kappa shape index (κ2) is 5.08. The molecule has 4 aliphatic rings. The summed E-state index contributed by atoms with van der Waals surface area (Å²) in [5.74, 6) is -0.628. The third-order valence-electron chi connectivity index (χ3n) is 8.06. The van der Waals surface area contributed by atoms with Gasteiger partial charge in [0.05, 0.1) is 0 Å². The van der Waals surface area contributed by atoms with Gasteiger partial charge in [0.15, 0.2) is 6.10 Å². The zero-order chi connectivity index (χ0) is 18.4. The summed E-state index contributed by atoms with van der Waals surface area (Å²) >= 11 is 0. The zero-order valence-electron chi connectivity index (χ0n) is 15.6. The van der Waals surface area contributed by atoms with Crippen LogP contribution >= 0.6 is 0 Å². The number of carbonyl (C=O) groups is 1. The molecule has 0 aromatic rings. The Bertz CT molecular complexity index is 652. The number of fused-ring (bicyclic) bond motifs is 4. The predicted octanol–water partition coefficient (Wildman–Crippen LogP) is 1.94. The van der Waals surface area contributed by atoms with Crippen molar-refractivity contribution in [2.75, 3.05) is 0 Å². The van der Waals surface area contributed by atoms with E-state index < -0.39 is 35.8 Å². The molecule has 0 spiro atoms. The van der Waals surface area contributed by atoms with Crippen molar-refractivity contribution < 1.29 is 24.9 Å². The minimum Gasteiger partial charge on any atom is -0.452 e. The van der Waals surface area contributed by atoms with E-state index in [9.17, 15) is 20.1 Å². The monoisotopic (exact) mass is 350 g/mol. The van der Waals surface area contributed by atoms with Gasteiger partial charge in [0.2, 0.25) is 0 Å². The van der Waals surface area contributed by atoms with E-state index in [1.165, 1.54) is 0 Å². The summed E-state index contributed by atoms with van der Waals surface area (Å²) in [5, 5.41) is 33.8. The SMILES string of the molecule is CC1=C2[C@@H](O)[C@@]3(O)CC[C@@H]4C(C)(C)CCC[C@@]4(C)[C@@H]3[C@@H](O)[C@H]2OC1=O. The van der Waals surface area contributed by atoms with Crippen LogP contribution in [0, 0.1) is 22.7 Å². The lowest BCUT2D eigenvalue weighted by Gasteiger charge is -2.65. The molecule has 0 amide bonds. The number of rotatable bonds is 0. The lowest BCUT2D eigenvalue weighted by molar-refractivity contribution is -0.259. The Morgan fingerprint density at radius 3 is 2.48 bits per heavy atom. The van der Waals surface area contributed by atoms with Crippen LogP contribution in [0.2, 0.25) is 0 Å². The van der Waals surface area contributed by atoms with Crippen molar-refractivity contribution >= 4 is 5.97 Å². The highest BCUT2D eigenvalue weighted by molar-refractivity contribution is 5.92. The van der Waals surface area contributed by atoms with E-state index in [1.807, 2.05) is 0 Å². The molecule has 0 unspecified atom stereocenters. The van der Waals surface area contributed by atoms with Crippen LogP contribution in [0.3, 0.4) is 0 Å². The molecular formula is C20H30O5. The number of hydrogen-bond donors (Lipinski definition) is 3. The third kappa shape index (κ3) is 2.03. The molecule has 0 aromatic heterocycles. The largest absolute Gasteiger partial charge is 0.452 e. The van der Waals surface area contributed by atoms with Gasteiger partial charge in [0.25, 0.3) is 0 Å². The van der Waals surface area contributed by atoms with Crippen LogP contribution in [-0.2, 0) is 9.53 Å². The molecule has 3 fully saturated rings. The average molecular weight is 350 g/mol. The summed E-state index contributed by atoms with van der Waals surface area (Å²) in [5.41, 5.74) is -0.840. The van der Waals surface area contributed by atoms with Gasteiger partial charge in [-0.15, -0.1) is 0 Å². The maximum absolute atomic E-state index is 12.0. The Labute approximate surface area is 149 Å². The molecular weight excluding hydrogens is 320 g/mol. The van der Waals surface area contributed by atoms with Crippen molar-refractivity contribution in [1.82, 2.24) is 0 Å². The summed E-state index contributed by atoms with van der Waals surface area (Å²) in [7, 11) is 0. The topological polar surface area (TPSA) is 87.0 Å². The summed E-state index contributed by atoms with van der Waals surface area (Å²) in [6.07, 6.45) is 1.40. The first kappa shape index (κ1) is 17.5. The second-order valence-electron chi connectivity index (χ2n) is 9.71. The van der Waals surface area contributed by atoms with Gasteiger partial charge in [-0.05, 0) is 49.4 Å². The van der Waals surface area contributed by atoms with Crippen LogP contribution in [0.5, 0.6) is 0 Å². The Morgan fingerprint density at radius 1 is 1.12 bits per heavy atom. The third-order valence-corrected chi connectivity index (χ3v) is 8.06. The number of carbonyl (C=O) groups excluding carboxylic acids is 1. The maximum Gasteiger partial charge on any atom is 0.334 e. The fourth-order valence-electron chi connectivity index (χ4n) is 7.01. The summed E-state index contributed by atoms with van der Waals surface area (Å²) in [6, 6.07) is 0. The van der Waals surface area contributed by atoms with Crippen molar-refractivity contribution in [3.05, 3.63) is 11.1 Å². The molecule has 7 atom stereocenters. The molecule has 140 valence electrons. The molecule has 5 nitrogen and oxygen atoms in total. The molecule has 0 saturated heterocycles. The van der Waals surface area contributed by atoms with E-state index in [1.54, 1.807) is 6.92 Å². The lowest BCUT2D eigenvalue weighted by atomic mass is 9.42. The molecule has 3 saturated carbocycles. The van der Waals surface area contributed by atoms with Crippen LogP contribution < -0.4 is 0 Å². The van der Waals surface area contributed by atoms with E-state index in [4.69, 9.17) is 4.74 Å². The van der Waals surface area contributed by atoms with Gasteiger partial charge in [0.1, 0.15) is 17.8 Å². The molecule has 3 N–H and O–H groups in total. The first-order valence-electron chi connectivity index (χ1n) is 9.54. The number of aliphatic hydroxyl groups excluding tert-OH is 2. The van der Waals surface area contributed by atoms with Gasteiger partial charge in [0, 0.05) is 17.1 Å². The first-order valence-corrected chi connectivity index (χ1v) is 9.54. The van der Waals surface area contributed by atoms with Crippen molar-refractivity contribution in [1.29, 1.82) is 0 Å². The number of aliphatic hydroxyl groups is 3. The highest BCUT2D eigenvalue weighted by Crippen LogP contribution is 2.65. The molecule has 0 bridgehead atoms. The lowest BCUT2D eigenvalue weighted by Crippen LogP contribution is -2.71. The van der Waals surface area contributed by atoms with E-state index in [2.05, 4.69) is 20.8 Å². The van der Waals surface area contributed by atoms with Crippen LogP contribution in [-0.4, -0.2) is 45.2 Å². The van der Waals surface area contributed by atoms with Crippen LogP contribution in [0.4, 0.5) is 0 Å². The van der Waals surface area contributed by atoms with Gasteiger partial charge < -0.3 is 20.1 Å². The number of ether oxygens (including phenoxy) is 1. The maximum atomic E-state index is 12.0. The van der Waals surface area contributed by atoms with Crippen LogP contribution in [0.1, 0.15) is 59.8 Å². The smallest absolute Gasteiger partial charge is 0.334 e.